The molecule has 1 aromatic carbocycles. The summed E-state index contributed by atoms with van der Waals surface area (Å²) in [6, 6.07) is 5.98. The van der Waals surface area contributed by atoms with Crippen LogP contribution in [0.2, 0.25) is 0 Å². The van der Waals surface area contributed by atoms with Crippen molar-refractivity contribution in [1.29, 1.82) is 0 Å². The summed E-state index contributed by atoms with van der Waals surface area (Å²) >= 11 is 3.42. The zero-order chi connectivity index (χ0) is 13.8. The molecule has 0 saturated carbocycles. The number of nitrogens with two attached hydrogens (primary N) is 1. The number of amides is 1. The first-order chi connectivity index (χ1) is 8.34. The molecule has 0 spiro atoms. The molecule has 0 radical (unpaired) electrons. The number of carbonyl (C=O) groups is 1. The molecular formula is C14H21BrN2O. The van der Waals surface area contributed by atoms with Crippen LogP contribution < -0.4 is 11.1 Å². The summed E-state index contributed by atoms with van der Waals surface area (Å²) < 4.78 is 0.998. The summed E-state index contributed by atoms with van der Waals surface area (Å²) in [5, 5.41) is 2.93. The lowest BCUT2D eigenvalue weighted by molar-refractivity contribution is -0.120. The van der Waals surface area contributed by atoms with E-state index in [1.807, 2.05) is 39.0 Å². The van der Waals surface area contributed by atoms with Crippen molar-refractivity contribution in [2.45, 2.75) is 27.2 Å². The van der Waals surface area contributed by atoms with Gasteiger partial charge in [-0.2, -0.15) is 0 Å². The number of carbonyl (C=O) groups excluding carboxylic acids is 1. The van der Waals surface area contributed by atoms with Gasteiger partial charge in [0.1, 0.15) is 0 Å². The number of aryl methyl sites for hydroxylation is 1. The largest absolute Gasteiger partial charge is 0.355 e. The van der Waals surface area contributed by atoms with E-state index in [0.717, 1.165) is 15.6 Å². The summed E-state index contributed by atoms with van der Waals surface area (Å²) in [5.74, 6) is 0.0396. The maximum Gasteiger partial charge on any atom is 0.224 e. The van der Waals surface area contributed by atoms with Crippen LogP contribution in [0.5, 0.6) is 0 Å². The van der Waals surface area contributed by atoms with Crippen LogP contribution in [0.25, 0.3) is 0 Å². The SMILES string of the molecule is Cc1ccc(Br)cc1CC(=O)NCC(C)(C)CN. The van der Waals surface area contributed by atoms with Crippen LogP contribution in [-0.2, 0) is 11.2 Å². The van der Waals surface area contributed by atoms with Crippen molar-refractivity contribution in [3.8, 4) is 0 Å². The van der Waals surface area contributed by atoms with Crippen molar-refractivity contribution in [1.82, 2.24) is 5.32 Å². The van der Waals surface area contributed by atoms with Crippen LogP contribution in [0.3, 0.4) is 0 Å². The van der Waals surface area contributed by atoms with Gasteiger partial charge in [0.15, 0.2) is 0 Å². The fraction of sp³-hybridized carbons (Fsp3) is 0.500. The number of hydrogen-bond acceptors (Lipinski definition) is 2. The molecule has 1 amide bonds. The molecule has 0 bridgehead atoms. The quantitative estimate of drug-likeness (QED) is 0.877. The van der Waals surface area contributed by atoms with E-state index in [-0.39, 0.29) is 11.3 Å². The minimum absolute atomic E-state index is 0.0396. The van der Waals surface area contributed by atoms with Gasteiger partial charge in [0.2, 0.25) is 5.91 Å². The molecule has 3 nitrogen and oxygen atoms in total. The maximum atomic E-state index is 11.9. The second-order valence-electron chi connectivity index (χ2n) is 5.39. The van der Waals surface area contributed by atoms with E-state index in [4.69, 9.17) is 5.73 Å². The Bertz CT molecular complexity index is 430. The third kappa shape index (κ3) is 4.78. The Labute approximate surface area is 117 Å². The monoisotopic (exact) mass is 312 g/mol. The lowest BCUT2D eigenvalue weighted by Gasteiger charge is -2.22. The molecule has 0 unspecified atom stereocenters. The maximum absolute atomic E-state index is 11.9. The van der Waals surface area contributed by atoms with E-state index in [0.29, 0.717) is 19.5 Å². The van der Waals surface area contributed by atoms with Crippen molar-refractivity contribution in [2.24, 2.45) is 11.1 Å². The van der Waals surface area contributed by atoms with Gasteiger partial charge >= 0.3 is 0 Å². The van der Waals surface area contributed by atoms with Gasteiger partial charge in [-0.15, -0.1) is 0 Å². The first kappa shape index (κ1) is 15.2. The highest BCUT2D eigenvalue weighted by molar-refractivity contribution is 9.10. The highest BCUT2D eigenvalue weighted by Crippen LogP contribution is 2.16. The average Bonchev–Trinajstić information content (AvgIpc) is 2.31. The second kappa shape index (κ2) is 6.34. The average molecular weight is 313 g/mol. The Morgan fingerprint density at radius 2 is 2.11 bits per heavy atom. The third-order valence-corrected chi connectivity index (χ3v) is 3.47. The van der Waals surface area contributed by atoms with Gasteiger partial charge in [-0.25, -0.2) is 0 Å². The molecule has 1 aromatic rings. The summed E-state index contributed by atoms with van der Waals surface area (Å²) in [4.78, 5) is 11.9. The van der Waals surface area contributed by atoms with Crippen LogP contribution in [0.15, 0.2) is 22.7 Å². The minimum atomic E-state index is -0.0536. The molecule has 0 aliphatic heterocycles. The van der Waals surface area contributed by atoms with E-state index in [2.05, 4.69) is 21.2 Å². The smallest absolute Gasteiger partial charge is 0.224 e. The Hall–Kier alpha value is -0.870. The molecule has 0 aromatic heterocycles. The highest BCUT2D eigenvalue weighted by Gasteiger charge is 2.16. The molecule has 0 fully saturated rings. The molecule has 0 aliphatic rings. The predicted molar refractivity (Wildman–Crippen MR) is 78.4 cm³/mol. The van der Waals surface area contributed by atoms with Crippen molar-refractivity contribution in [3.05, 3.63) is 33.8 Å². The van der Waals surface area contributed by atoms with Crippen molar-refractivity contribution in [3.63, 3.8) is 0 Å². The zero-order valence-corrected chi connectivity index (χ0v) is 12.8. The highest BCUT2D eigenvalue weighted by atomic mass is 79.9. The van der Waals surface area contributed by atoms with Gasteiger partial charge in [-0.05, 0) is 42.1 Å². The topological polar surface area (TPSA) is 55.1 Å². The molecule has 3 N–H and O–H groups in total. The minimum Gasteiger partial charge on any atom is -0.355 e. The molecule has 0 atom stereocenters. The molecule has 0 saturated heterocycles. The molecule has 0 heterocycles. The Morgan fingerprint density at radius 1 is 1.44 bits per heavy atom. The van der Waals surface area contributed by atoms with Gasteiger partial charge in [0, 0.05) is 11.0 Å². The first-order valence-corrected chi connectivity index (χ1v) is 6.85. The van der Waals surface area contributed by atoms with E-state index >= 15 is 0 Å². The Morgan fingerprint density at radius 3 is 2.72 bits per heavy atom. The summed E-state index contributed by atoms with van der Waals surface area (Å²) in [7, 11) is 0. The fourth-order valence-electron chi connectivity index (χ4n) is 1.48. The van der Waals surface area contributed by atoms with Crippen molar-refractivity contribution < 1.29 is 4.79 Å². The number of rotatable bonds is 5. The molecule has 100 valence electrons. The zero-order valence-electron chi connectivity index (χ0n) is 11.2. The van der Waals surface area contributed by atoms with E-state index in [9.17, 15) is 4.79 Å². The standard InChI is InChI=1S/C14H21BrN2O/c1-10-4-5-12(15)6-11(10)7-13(18)17-9-14(2,3)8-16/h4-6H,7-9,16H2,1-3H3,(H,17,18). The van der Waals surface area contributed by atoms with Crippen LogP contribution >= 0.6 is 15.9 Å². The van der Waals surface area contributed by atoms with Gasteiger partial charge in [0.05, 0.1) is 6.42 Å². The van der Waals surface area contributed by atoms with E-state index in [1.165, 1.54) is 0 Å². The molecule has 4 heteroatoms. The number of benzene rings is 1. The van der Waals surface area contributed by atoms with Gasteiger partial charge in [-0.3, -0.25) is 4.79 Å². The lowest BCUT2D eigenvalue weighted by atomic mass is 9.94. The van der Waals surface area contributed by atoms with Gasteiger partial charge in [-0.1, -0.05) is 35.8 Å². The number of halogens is 1. The molecular weight excluding hydrogens is 292 g/mol. The molecule has 1 rings (SSSR count). The van der Waals surface area contributed by atoms with Crippen LogP contribution in [0, 0.1) is 12.3 Å². The second-order valence-corrected chi connectivity index (χ2v) is 6.31. The van der Waals surface area contributed by atoms with E-state index < -0.39 is 0 Å². The summed E-state index contributed by atoms with van der Waals surface area (Å²) in [6.45, 7) is 7.26. The normalized spacial score (nSPS) is 11.4. The van der Waals surface area contributed by atoms with Crippen LogP contribution in [0.4, 0.5) is 0 Å². The lowest BCUT2D eigenvalue weighted by Crippen LogP contribution is -2.39. The number of hydrogen-bond donors (Lipinski definition) is 2. The molecule has 0 aliphatic carbocycles. The van der Waals surface area contributed by atoms with Crippen LogP contribution in [0.1, 0.15) is 25.0 Å². The Balaban J connectivity index is 2.57. The fourth-order valence-corrected chi connectivity index (χ4v) is 1.88. The summed E-state index contributed by atoms with van der Waals surface area (Å²) in [6.07, 6.45) is 0.409. The summed E-state index contributed by atoms with van der Waals surface area (Å²) in [5.41, 5.74) is 7.76. The van der Waals surface area contributed by atoms with Gasteiger partial charge < -0.3 is 11.1 Å². The third-order valence-electron chi connectivity index (χ3n) is 2.98. The van der Waals surface area contributed by atoms with Crippen LogP contribution in [-0.4, -0.2) is 19.0 Å². The van der Waals surface area contributed by atoms with Crippen molar-refractivity contribution in [2.75, 3.05) is 13.1 Å². The van der Waals surface area contributed by atoms with Gasteiger partial charge in [0.25, 0.3) is 0 Å². The van der Waals surface area contributed by atoms with E-state index in [1.54, 1.807) is 0 Å². The predicted octanol–water partition coefficient (Wildman–Crippen LogP) is 2.40. The first-order valence-electron chi connectivity index (χ1n) is 6.06. The van der Waals surface area contributed by atoms with Crippen molar-refractivity contribution >= 4 is 21.8 Å². The number of nitrogens with one attached hydrogen (secondary N) is 1. The molecule has 18 heavy (non-hydrogen) atoms. The Kier molecular flexibility index (Phi) is 5.35.